The third-order valence-electron chi connectivity index (χ3n) is 2.61. The molecule has 0 radical (unpaired) electrons. The van der Waals surface area contributed by atoms with E-state index in [1.54, 1.807) is 6.07 Å². The van der Waals surface area contributed by atoms with Gasteiger partial charge in [-0.1, -0.05) is 11.6 Å². The number of phenolic OH excluding ortho intramolecular Hbond substituents is 1. The first kappa shape index (κ1) is 12.7. The predicted octanol–water partition coefficient (Wildman–Crippen LogP) is 1.91. The number of carbonyl (C=O) groups excluding carboxylic acids is 1. The molecular weight excluding hydrogens is 256 g/mol. The molecule has 0 saturated heterocycles. The van der Waals surface area contributed by atoms with Gasteiger partial charge in [0, 0.05) is 5.92 Å². The number of carbonyl (C=O) groups is 1. The molecule has 2 N–H and O–H groups in total. The first-order valence-corrected chi connectivity index (χ1v) is 5.89. The number of ether oxygens (including phenoxy) is 1. The molecule has 1 aromatic rings. The highest BCUT2D eigenvalue weighted by atomic mass is 35.5. The first-order valence-electron chi connectivity index (χ1n) is 5.51. The monoisotopic (exact) mass is 268 g/mol. The van der Waals surface area contributed by atoms with Gasteiger partial charge in [-0.3, -0.25) is 4.79 Å². The average Bonchev–Trinajstić information content (AvgIpc) is 3.17. The molecule has 0 aromatic heterocycles. The van der Waals surface area contributed by atoms with Crippen LogP contribution in [0.4, 0.5) is 0 Å². The number of nitrogens with one attached hydrogen (secondary N) is 1. The van der Waals surface area contributed by atoms with Gasteiger partial charge in [-0.15, -0.1) is 0 Å². The van der Waals surface area contributed by atoms with Gasteiger partial charge in [0.15, 0.2) is 11.5 Å². The SMILES string of the molecule is COc1cc(/C=N/NC(=O)C2CC2)cc(Cl)c1O. The summed E-state index contributed by atoms with van der Waals surface area (Å²) in [4.78, 5) is 11.3. The maximum absolute atomic E-state index is 11.3. The van der Waals surface area contributed by atoms with Gasteiger partial charge in [0.25, 0.3) is 0 Å². The summed E-state index contributed by atoms with van der Waals surface area (Å²) in [6, 6.07) is 3.11. The van der Waals surface area contributed by atoms with Crippen LogP contribution < -0.4 is 10.2 Å². The summed E-state index contributed by atoms with van der Waals surface area (Å²) < 4.78 is 4.96. The van der Waals surface area contributed by atoms with Crippen molar-refractivity contribution in [1.29, 1.82) is 0 Å². The molecule has 5 nitrogen and oxygen atoms in total. The fourth-order valence-electron chi connectivity index (χ4n) is 1.43. The van der Waals surface area contributed by atoms with Crippen LogP contribution in [0, 0.1) is 5.92 Å². The molecule has 1 amide bonds. The van der Waals surface area contributed by atoms with Crippen LogP contribution >= 0.6 is 11.6 Å². The smallest absolute Gasteiger partial charge is 0.243 e. The maximum Gasteiger partial charge on any atom is 0.243 e. The van der Waals surface area contributed by atoms with E-state index < -0.39 is 0 Å². The minimum Gasteiger partial charge on any atom is -0.503 e. The van der Waals surface area contributed by atoms with E-state index in [0.717, 1.165) is 12.8 Å². The van der Waals surface area contributed by atoms with E-state index in [9.17, 15) is 9.90 Å². The van der Waals surface area contributed by atoms with Crippen molar-refractivity contribution >= 4 is 23.7 Å². The molecule has 18 heavy (non-hydrogen) atoms. The standard InChI is InChI=1S/C12H13ClN2O3/c1-18-10-5-7(4-9(13)11(10)16)6-14-15-12(17)8-2-3-8/h4-6,8,16H,2-3H2,1H3,(H,15,17)/b14-6+. The second-order valence-electron chi connectivity index (χ2n) is 4.06. The Bertz CT molecular complexity index is 498. The van der Waals surface area contributed by atoms with E-state index in [1.807, 2.05) is 0 Å². The van der Waals surface area contributed by atoms with Crippen LogP contribution in [-0.2, 0) is 4.79 Å². The van der Waals surface area contributed by atoms with E-state index >= 15 is 0 Å². The zero-order valence-electron chi connectivity index (χ0n) is 9.81. The van der Waals surface area contributed by atoms with Gasteiger partial charge < -0.3 is 9.84 Å². The quantitative estimate of drug-likeness (QED) is 0.647. The summed E-state index contributed by atoms with van der Waals surface area (Å²) in [6.07, 6.45) is 3.31. The number of nitrogens with zero attached hydrogens (tertiary/aromatic N) is 1. The van der Waals surface area contributed by atoms with Crippen LogP contribution in [0.2, 0.25) is 5.02 Å². The summed E-state index contributed by atoms with van der Waals surface area (Å²) >= 11 is 5.82. The molecule has 2 rings (SSSR count). The van der Waals surface area contributed by atoms with Crippen molar-refractivity contribution in [1.82, 2.24) is 5.43 Å². The van der Waals surface area contributed by atoms with Crippen LogP contribution in [0.1, 0.15) is 18.4 Å². The molecule has 96 valence electrons. The topological polar surface area (TPSA) is 70.9 Å². The van der Waals surface area contributed by atoms with Crippen molar-refractivity contribution < 1.29 is 14.6 Å². The molecule has 1 aliphatic rings. The lowest BCUT2D eigenvalue weighted by molar-refractivity contribution is -0.122. The van der Waals surface area contributed by atoms with E-state index in [0.29, 0.717) is 5.56 Å². The summed E-state index contributed by atoms with van der Waals surface area (Å²) in [5.74, 6) is 0.194. The molecule has 1 fully saturated rings. The highest BCUT2D eigenvalue weighted by Gasteiger charge is 2.29. The Balaban J connectivity index is 2.06. The molecule has 1 aliphatic carbocycles. The molecule has 0 aliphatic heterocycles. The van der Waals surface area contributed by atoms with E-state index in [1.165, 1.54) is 19.4 Å². The second-order valence-corrected chi connectivity index (χ2v) is 4.47. The number of methoxy groups -OCH3 is 1. The molecule has 0 atom stereocenters. The Morgan fingerprint density at radius 3 is 2.94 bits per heavy atom. The van der Waals surface area contributed by atoms with Crippen LogP contribution in [0.15, 0.2) is 17.2 Å². The van der Waals surface area contributed by atoms with Crippen LogP contribution in [0.3, 0.4) is 0 Å². The van der Waals surface area contributed by atoms with Gasteiger partial charge in [-0.25, -0.2) is 5.43 Å². The predicted molar refractivity (Wildman–Crippen MR) is 68.1 cm³/mol. The summed E-state index contributed by atoms with van der Waals surface area (Å²) in [7, 11) is 1.43. The molecule has 0 heterocycles. The third kappa shape index (κ3) is 2.92. The molecule has 0 unspecified atom stereocenters. The molecule has 6 heteroatoms. The van der Waals surface area contributed by atoms with Gasteiger partial charge in [0.2, 0.25) is 5.91 Å². The number of hydrazone groups is 1. The number of aromatic hydroxyl groups is 1. The Hall–Kier alpha value is -1.75. The van der Waals surface area contributed by atoms with E-state index in [4.69, 9.17) is 16.3 Å². The first-order chi connectivity index (χ1) is 8.61. The lowest BCUT2D eigenvalue weighted by Crippen LogP contribution is -2.18. The van der Waals surface area contributed by atoms with Gasteiger partial charge in [-0.2, -0.15) is 5.10 Å². The van der Waals surface area contributed by atoms with Crippen molar-refractivity contribution in [3.8, 4) is 11.5 Å². The number of halogens is 1. The number of amides is 1. The van der Waals surface area contributed by atoms with Crippen molar-refractivity contribution in [2.75, 3.05) is 7.11 Å². The average molecular weight is 269 g/mol. The summed E-state index contributed by atoms with van der Waals surface area (Å²) in [5, 5.41) is 13.5. The van der Waals surface area contributed by atoms with E-state index in [2.05, 4.69) is 10.5 Å². The number of phenols is 1. The lowest BCUT2D eigenvalue weighted by atomic mass is 10.2. The van der Waals surface area contributed by atoms with E-state index in [-0.39, 0.29) is 28.3 Å². The maximum atomic E-state index is 11.3. The Labute approximate surface area is 109 Å². The minimum atomic E-state index is -0.113. The Morgan fingerprint density at radius 2 is 2.33 bits per heavy atom. The molecule has 0 spiro atoms. The normalized spacial score (nSPS) is 14.8. The van der Waals surface area contributed by atoms with Gasteiger partial charge in [-0.05, 0) is 30.5 Å². The van der Waals surface area contributed by atoms with Crippen LogP contribution in [-0.4, -0.2) is 24.3 Å². The second kappa shape index (κ2) is 5.27. The fourth-order valence-corrected chi connectivity index (χ4v) is 1.65. The Kier molecular flexibility index (Phi) is 3.72. The van der Waals surface area contributed by atoms with Gasteiger partial charge >= 0.3 is 0 Å². The highest BCUT2D eigenvalue weighted by molar-refractivity contribution is 6.32. The Morgan fingerprint density at radius 1 is 1.61 bits per heavy atom. The number of hydrogen-bond acceptors (Lipinski definition) is 4. The highest BCUT2D eigenvalue weighted by Crippen LogP contribution is 2.34. The number of hydrogen-bond donors (Lipinski definition) is 2. The van der Waals surface area contributed by atoms with Gasteiger partial charge in [0.05, 0.1) is 18.3 Å². The van der Waals surface area contributed by atoms with Crippen molar-refractivity contribution in [3.05, 3.63) is 22.7 Å². The van der Waals surface area contributed by atoms with Crippen LogP contribution in [0.5, 0.6) is 11.5 Å². The van der Waals surface area contributed by atoms with Gasteiger partial charge in [0.1, 0.15) is 0 Å². The molecule has 1 saturated carbocycles. The summed E-state index contributed by atoms with van der Waals surface area (Å²) in [6.45, 7) is 0. The van der Waals surface area contributed by atoms with Crippen molar-refractivity contribution in [2.24, 2.45) is 11.0 Å². The lowest BCUT2D eigenvalue weighted by Gasteiger charge is -2.05. The third-order valence-corrected chi connectivity index (χ3v) is 2.90. The fraction of sp³-hybridized carbons (Fsp3) is 0.333. The number of benzene rings is 1. The molecular formula is C12H13ClN2O3. The number of rotatable bonds is 4. The van der Waals surface area contributed by atoms with Crippen molar-refractivity contribution in [2.45, 2.75) is 12.8 Å². The van der Waals surface area contributed by atoms with Crippen molar-refractivity contribution in [3.63, 3.8) is 0 Å². The zero-order chi connectivity index (χ0) is 13.1. The zero-order valence-corrected chi connectivity index (χ0v) is 10.6. The summed E-state index contributed by atoms with van der Waals surface area (Å²) in [5.41, 5.74) is 3.08. The molecule has 0 bridgehead atoms. The molecule has 1 aromatic carbocycles. The van der Waals surface area contributed by atoms with Crippen LogP contribution in [0.25, 0.3) is 0 Å². The largest absolute Gasteiger partial charge is 0.503 e. The minimum absolute atomic E-state index is 0.0666.